The van der Waals surface area contributed by atoms with Crippen molar-refractivity contribution in [2.24, 2.45) is 0 Å². The van der Waals surface area contributed by atoms with Gasteiger partial charge in [-0.3, -0.25) is 0 Å². The fraction of sp³-hybridized carbons (Fsp3) is 0.333. The Bertz CT molecular complexity index is 193. The first-order chi connectivity index (χ1) is 5.83. The molecule has 0 aromatic rings. The van der Waals surface area contributed by atoms with Gasteiger partial charge in [0.2, 0.25) is 0 Å². The van der Waals surface area contributed by atoms with E-state index in [1.54, 1.807) is 0 Å². The van der Waals surface area contributed by atoms with E-state index >= 15 is 0 Å². The van der Waals surface area contributed by atoms with Crippen LogP contribution in [0.2, 0.25) is 0 Å². The Kier molecular flexibility index (Phi) is 4.74. The van der Waals surface area contributed by atoms with Crippen LogP contribution in [0.1, 0.15) is 0 Å². The Morgan fingerprint density at radius 2 is 1.15 bits per heavy atom. The third-order valence-corrected chi connectivity index (χ3v) is 1.04. The van der Waals surface area contributed by atoms with E-state index in [-0.39, 0.29) is 12.2 Å². The maximum Gasteiger partial charge on any atom is 0.382 e. The lowest BCUT2D eigenvalue weighted by Gasteiger charge is -2.17. The topological polar surface area (TPSA) is 9.23 Å². The number of ether oxygens (including phenoxy) is 1. The van der Waals surface area contributed by atoms with Crippen molar-refractivity contribution in [2.45, 2.75) is 12.2 Å². The zero-order valence-electron chi connectivity index (χ0n) is 5.99. The fourth-order valence-corrected chi connectivity index (χ4v) is 0.689. The monoisotopic (exact) mass is 238 g/mol. The first-order valence-electron chi connectivity index (χ1n) is 2.84. The molecule has 0 saturated heterocycles. The number of hydrogen-bond donors (Lipinski definition) is 0. The Morgan fingerprint density at radius 3 is 1.38 bits per heavy atom. The van der Waals surface area contributed by atoms with Crippen molar-refractivity contribution >= 4 is 23.2 Å². The van der Waals surface area contributed by atoms with Crippen LogP contribution in [-0.4, -0.2) is 12.2 Å². The molecule has 0 amide bonds. The number of rotatable bonds is 4. The summed E-state index contributed by atoms with van der Waals surface area (Å²) in [5.74, 6) is 0. The van der Waals surface area contributed by atoms with E-state index < -0.39 is 12.2 Å². The second-order valence-corrected chi connectivity index (χ2v) is 2.31. The number of hydrogen-bond acceptors (Lipinski definition) is 1. The van der Waals surface area contributed by atoms with Crippen LogP contribution in [0.15, 0.2) is 23.2 Å². The van der Waals surface area contributed by atoms with E-state index in [0.717, 1.165) is 0 Å². The highest BCUT2D eigenvalue weighted by atomic mass is 35.5. The minimum Gasteiger partial charge on any atom is -0.248 e. The van der Waals surface area contributed by atoms with Crippen LogP contribution in [0.3, 0.4) is 0 Å². The molecule has 76 valence electrons. The van der Waals surface area contributed by atoms with Crippen molar-refractivity contribution in [1.29, 1.82) is 0 Å². The highest BCUT2D eigenvalue weighted by Crippen LogP contribution is 2.29. The first kappa shape index (κ1) is 12.7. The molecule has 0 aromatic heterocycles. The molecular formula is C6H4Cl2F4O. The van der Waals surface area contributed by atoms with Crippen molar-refractivity contribution in [3.8, 4) is 0 Å². The Morgan fingerprint density at radius 1 is 0.846 bits per heavy atom. The number of halogens is 6. The van der Waals surface area contributed by atoms with Crippen LogP contribution >= 0.6 is 23.2 Å². The smallest absolute Gasteiger partial charge is 0.248 e. The van der Waals surface area contributed by atoms with E-state index in [0.29, 0.717) is 11.1 Å². The predicted octanol–water partition coefficient (Wildman–Crippen LogP) is 3.69. The molecule has 0 bridgehead atoms. The molecule has 7 heteroatoms. The SMILES string of the molecule is FC(F)(C=CCl)OC(F)(F)C=CCl. The summed E-state index contributed by atoms with van der Waals surface area (Å²) in [6.07, 6.45) is -8.32. The standard InChI is InChI=1S/C6H4Cl2F4O/c7-3-1-5(9,10)13-6(11,12)2-4-8/h1-4H. The molecule has 0 saturated carbocycles. The summed E-state index contributed by atoms with van der Waals surface area (Å²) >= 11 is 9.52. The Hall–Kier alpha value is -0.260. The molecule has 0 fully saturated rings. The van der Waals surface area contributed by atoms with E-state index in [2.05, 4.69) is 4.74 Å². The second-order valence-electron chi connectivity index (χ2n) is 1.81. The molecule has 13 heavy (non-hydrogen) atoms. The molecule has 1 nitrogen and oxygen atoms in total. The maximum atomic E-state index is 12.3. The molecule has 0 unspecified atom stereocenters. The predicted molar refractivity (Wildman–Crippen MR) is 41.0 cm³/mol. The van der Waals surface area contributed by atoms with Gasteiger partial charge in [0.25, 0.3) is 0 Å². The lowest BCUT2D eigenvalue weighted by atomic mass is 10.5. The van der Waals surface area contributed by atoms with Gasteiger partial charge in [0.1, 0.15) is 0 Å². The molecule has 0 heterocycles. The van der Waals surface area contributed by atoms with E-state index in [1.807, 2.05) is 0 Å². The minimum absolute atomic E-state index is 0.0233. The largest absolute Gasteiger partial charge is 0.382 e. The average Bonchev–Trinajstić information content (AvgIpc) is 1.82. The summed E-state index contributed by atoms with van der Waals surface area (Å²) in [5, 5.41) is 0. The molecule has 0 aliphatic heterocycles. The molecule has 0 rings (SSSR count). The van der Waals surface area contributed by atoms with Gasteiger partial charge in [-0.2, -0.15) is 17.6 Å². The lowest BCUT2D eigenvalue weighted by molar-refractivity contribution is -0.332. The normalized spacial score (nSPS) is 14.6. The summed E-state index contributed by atoms with van der Waals surface area (Å²) in [4.78, 5) is 0. The maximum absolute atomic E-state index is 12.3. The van der Waals surface area contributed by atoms with Gasteiger partial charge in [-0.1, -0.05) is 23.2 Å². The summed E-state index contributed by atoms with van der Waals surface area (Å²) in [6.45, 7) is 0. The summed E-state index contributed by atoms with van der Waals surface area (Å²) in [7, 11) is 0. The molecule has 0 spiro atoms. The molecule has 0 aromatic carbocycles. The van der Waals surface area contributed by atoms with Gasteiger partial charge >= 0.3 is 12.2 Å². The number of alkyl halides is 4. The highest BCUT2D eigenvalue weighted by molar-refractivity contribution is 6.25. The van der Waals surface area contributed by atoms with Crippen molar-refractivity contribution in [3.05, 3.63) is 23.2 Å². The molecule has 0 aliphatic carbocycles. The molecule has 0 N–H and O–H groups in total. The molecule has 0 aliphatic rings. The van der Waals surface area contributed by atoms with E-state index in [9.17, 15) is 17.6 Å². The summed E-state index contributed by atoms with van der Waals surface area (Å²) in [5.41, 5.74) is 0.751. The third-order valence-electron chi connectivity index (χ3n) is 0.786. The quantitative estimate of drug-likeness (QED) is 0.679. The van der Waals surface area contributed by atoms with E-state index in [4.69, 9.17) is 23.2 Å². The van der Waals surface area contributed by atoms with Gasteiger partial charge < -0.3 is 0 Å². The van der Waals surface area contributed by atoms with Crippen LogP contribution in [0, 0.1) is 0 Å². The van der Waals surface area contributed by atoms with Gasteiger partial charge in [0.05, 0.1) is 0 Å². The van der Waals surface area contributed by atoms with Crippen LogP contribution in [0.5, 0.6) is 0 Å². The van der Waals surface area contributed by atoms with Crippen LogP contribution in [-0.2, 0) is 4.74 Å². The zero-order chi connectivity index (χ0) is 10.5. The fourth-order valence-electron chi connectivity index (χ4n) is 0.396. The first-order valence-corrected chi connectivity index (χ1v) is 3.72. The second kappa shape index (κ2) is 4.83. The van der Waals surface area contributed by atoms with Crippen molar-refractivity contribution in [1.82, 2.24) is 0 Å². The molecular weight excluding hydrogens is 235 g/mol. The van der Waals surface area contributed by atoms with Gasteiger partial charge in [0, 0.05) is 23.2 Å². The van der Waals surface area contributed by atoms with Gasteiger partial charge in [-0.25, -0.2) is 4.74 Å². The third kappa shape index (κ3) is 5.90. The Labute approximate surface area is 81.6 Å². The lowest BCUT2D eigenvalue weighted by Crippen LogP contribution is -2.29. The van der Waals surface area contributed by atoms with Crippen LogP contribution in [0.25, 0.3) is 0 Å². The van der Waals surface area contributed by atoms with Crippen molar-refractivity contribution < 1.29 is 22.3 Å². The van der Waals surface area contributed by atoms with Crippen molar-refractivity contribution in [3.63, 3.8) is 0 Å². The molecule has 0 atom stereocenters. The van der Waals surface area contributed by atoms with Gasteiger partial charge in [0.15, 0.2) is 0 Å². The van der Waals surface area contributed by atoms with Crippen LogP contribution in [0.4, 0.5) is 17.6 Å². The molecule has 0 radical (unpaired) electrons. The van der Waals surface area contributed by atoms with Gasteiger partial charge in [-0.15, -0.1) is 0 Å². The minimum atomic E-state index is -4.14. The summed E-state index contributed by atoms with van der Waals surface area (Å²) in [6, 6.07) is 0. The van der Waals surface area contributed by atoms with Gasteiger partial charge in [-0.05, 0) is 0 Å². The van der Waals surface area contributed by atoms with E-state index in [1.165, 1.54) is 0 Å². The highest BCUT2D eigenvalue weighted by Gasteiger charge is 2.40. The summed E-state index contributed by atoms with van der Waals surface area (Å²) < 4.78 is 52.3. The average molecular weight is 239 g/mol. The zero-order valence-corrected chi connectivity index (χ0v) is 7.50. The van der Waals surface area contributed by atoms with Crippen molar-refractivity contribution in [2.75, 3.05) is 0 Å². The van der Waals surface area contributed by atoms with Crippen LogP contribution < -0.4 is 0 Å². The Balaban J connectivity index is 4.41.